The van der Waals surface area contributed by atoms with Gasteiger partial charge in [-0.25, -0.2) is 0 Å². The maximum absolute atomic E-state index is 11.4. The van der Waals surface area contributed by atoms with Gasteiger partial charge >= 0.3 is 5.97 Å². The number of fused-ring (bicyclic) bond motifs is 5. The zero-order valence-electron chi connectivity index (χ0n) is 15.8. The van der Waals surface area contributed by atoms with Gasteiger partial charge < -0.3 is 4.74 Å². The van der Waals surface area contributed by atoms with E-state index in [1.807, 2.05) is 0 Å². The Morgan fingerprint density at radius 2 is 2.08 bits per heavy atom. The molecule has 0 saturated heterocycles. The number of carbonyl (C=O) groups excluding carboxylic acids is 2. The first-order chi connectivity index (χ1) is 12.3. The van der Waals surface area contributed by atoms with Crippen LogP contribution in [-0.4, -0.2) is 18.4 Å². The molecule has 0 heterocycles. The third-order valence-corrected chi connectivity index (χ3v) is 8.22. The molecule has 4 aliphatic rings. The van der Waals surface area contributed by atoms with Crippen LogP contribution < -0.4 is 0 Å². The lowest BCUT2D eigenvalue weighted by Crippen LogP contribution is -2.47. The van der Waals surface area contributed by atoms with Crippen LogP contribution in [0.3, 0.4) is 0 Å². The molecule has 0 amide bonds. The third-order valence-electron chi connectivity index (χ3n) is 7.59. The second kappa shape index (κ2) is 6.09. The van der Waals surface area contributed by atoms with E-state index in [-0.39, 0.29) is 22.9 Å². The Morgan fingerprint density at radius 1 is 1.31 bits per heavy atom. The third kappa shape index (κ3) is 2.46. The zero-order chi connectivity index (χ0) is 18.7. The highest BCUT2D eigenvalue weighted by Gasteiger charge is 2.55. The smallest absolute Gasteiger partial charge is 0.302 e. The molecule has 26 heavy (non-hydrogen) atoms. The largest absolute Gasteiger partial charge is 0.462 e. The molecule has 0 spiro atoms. The Morgan fingerprint density at radius 3 is 2.77 bits per heavy atom. The van der Waals surface area contributed by atoms with Gasteiger partial charge in [0.1, 0.15) is 6.10 Å². The van der Waals surface area contributed by atoms with Crippen molar-refractivity contribution in [2.45, 2.75) is 65.4 Å². The van der Waals surface area contributed by atoms with Crippen LogP contribution in [0.4, 0.5) is 0 Å². The summed E-state index contributed by atoms with van der Waals surface area (Å²) in [4.78, 5) is 22.8. The number of halogens is 1. The van der Waals surface area contributed by atoms with Crippen molar-refractivity contribution in [3.63, 3.8) is 0 Å². The van der Waals surface area contributed by atoms with Crippen molar-refractivity contribution in [1.82, 2.24) is 0 Å². The van der Waals surface area contributed by atoms with Crippen LogP contribution in [-0.2, 0) is 14.3 Å². The summed E-state index contributed by atoms with van der Waals surface area (Å²) in [5.74, 6) is 0.856. The first-order valence-corrected chi connectivity index (χ1v) is 10.1. The molecule has 0 aromatic rings. The van der Waals surface area contributed by atoms with Crippen molar-refractivity contribution in [1.29, 1.82) is 0 Å². The van der Waals surface area contributed by atoms with Crippen LogP contribution in [0.1, 0.15) is 59.3 Å². The minimum Gasteiger partial charge on any atom is -0.462 e. The maximum Gasteiger partial charge on any atom is 0.302 e. The highest BCUT2D eigenvalue weighted by molar-refractivity contribution is 6.33. The molecule has 140 valence electrons. The van der Waals surface area contributed by atoms with Gasteiger partial charge in [0.25, 0.3) is 0 Å². The summed E-state index contributed by atoms with van der Waals surface area (Å²) in [6.07, 6.45) is 11.4. The molecular formula is C22H27ClO3. The molecule has 0 aromatic heterocycles. The molecule has 0 N–H and O–H groups in total. The molecule has 0 aliphatic heterocycles. The summed E-state index contributed by atoms with van der Waals surface area (Å²) in [6.45, 7) is 6.09. The Kier molecular flexibility index (Phi) is 4.22. The highest BCUT2D eigenvalue weighted by Crippen LogP contribution is 2.64. The molecule has 4 rings (SSSR count). The van der Waals surface area contributed by atoms with E-state index in [0.717, 1.165) is 49.8 Å². The lowest BCUT2D eigenvalue weighted by molar-refractivity contribution is -0.148. The second-order valence-electron chi connectivity index (χ2n) is 8.93. The van der Waals surface area contributed by atoms with Crippen molar-refractivity contribution in [3.05, 3.63) is 33.9 Å². The van der Waals surface area contributed by atoms with E-state index < -0.39 is 0 Å². The van der Waals surface area contributed by atoms with Crippen molar-refractivity contribution >= 4 is 23.9 Å². The van der Waals surface area contributed by atoms with E-state index in [1.54, 1.807) is 0 Å². The van der Waals surface area contributed by atoms with Crippen LogP contribution >= 0.6 is 11.6 Å². The molecule has 3 nitrogen and oxygen atoms in total. The lowest BCUT2D eigenvalue weighted by atomic mass is 9.49. The van der Waals surface area contributed by atoms with Crippen molar-refractivity contribution < 1.29 is 14.3 Å². The van der Waals surface area contributed by atoms with Crippen LogP contribution in [0.25, 0.3) is 0 Å². The number of ether oxygens (including phenoxy) is 1. The summed E-state index contributed by atoms with van der Waals surface area (Å²) in [6, 6.07) is 0. The molecule has 0 bridgehead atoms. The van der Waals surface area contributed by atoms with Gasteiger partial charge in [0, 0.05) is 29.4 Å². The Bertz CT molecular complexity index is 761. The van der Waals surface area contributed by atoms with E-state index in [1.165, 1.54) is 18.1 Å². The van der Waals surface area contributed by atoms with Gasteiger partial charge in [0.2, 0.25) is 0 Å². The first-order valence-electron chi connectivity index (χ1n) is 9.74. The van der Waals surface area contributed by atoms with Gasteiger partial charge in [-0.1, -0.05) is 48.7 Å². The van der Waals surface area contributed by atoms with E-state index in [2.05, 4.69) is 26.0 Å². The van der Waals surface area contributed by atoms with Gasteiger partial charge in [-0.2, -0.15) is 0 Å². The molecule has 0 unspecified atom stereocenters. The van der Waals surface area contributed by atoms with Crippen LogP contribution in [0.15, 0.2) is 33.9 Å². The molecule has 2 fully saturated rings. The summed E-state index contributed by atoms with van der Waals surface area (Å²) in [5, 5.41) is 0.736. The van der Waals surface area contributed by atoms with Gasteiger partial charge in [0.15, 0.2) is 6.29 Å². The number of rotatable bonds is 2. The normalized spacial score (nSPS) is 41.5. The fourth-order valence-electron chi connectivity index (χ4n) is 6.15. The molecule has 4 aliphatic carbocycles. The predicted octanol–water partition coefficient (Wildman–Crippen LogP) is 5.10. The molecule has 5 atom stereocenters. The van der Waals surface area contributed by atoms with E-state index in [0.29, 0.717) is 17.4 Å². The van der Waals surface area contributed by atoms with E-state index in [4.69, 9.17) is 16.3 Å². The molecule has 0 radical (unpaired) electrons. The van der Waals surface area contributed by atoms with Crippen LogP contribution in [0, 0.1) is 22.7 Å². The maximum atomic E-state index is 11.4. The van der Waals surface area contributed by atoms with E-state index in [9.17, 15) is 9.59 Å². The number of hydrogen-bond acceptors (Lipinski definition) is 3. The summed E-state index contributed by atoms with van der Waals surface area (Å²) in [5.41, 5.74) is 3.50. The van der Waals surface area contributed by atoms with Gasteiger partial charge in [-0.3, -0.25) is 9.59 Å². The molecule has 4 heteroatoms. The van der Waals surface area contributed by atoms with Gasteiger partial charge in [0.05, 0.1) is 0 Å². The van der Waals surface area contributed by atoms with Gasteiger partial charge in [-0.15, -0.1) is 0 Å². The topological polar surface area (TPSA) is 43.4 Å². The Hall–Kier alpha value is -1.35. The summed E-state index contributed by atoms with van der Waals surface area (Å²) < 4.78 is 5.50. The highest BCUT2D eigenvalue weighted by atomic mass is 35.5. The Balaban J connectivity index is 1.65. The molecular weight excluding hydrogens is 348 g/mol. The number of allylic oxidation sites excluding steroid dienone is 5. The monoisotopic (exact) mass is 374 g/mol. The number of aldehydes is 1. The van der Waals surface area contributed by atoms with Crippen LogP contribution in [0.5, 0.6) is 0 Å². The molecule has 0 aromatic carbocycles. The average molecular weight is 375 g/mol. The fraction of sp³-hybridized carbons (Fsp3) is 0.636. The van der Waals surface area contributed by atoms with Crippen molar-refractivity contribution in [3.8, 4) is 0 Å². The van der Waals surface area contributed by atoms with E-state index >= 15 is 0 Å². The number of esters is 1. The minimum atomic E-state index is -0.181. The SMILES string of the molecule is CC(=O)O[C@H]1CC[C@@]2(C)C(=CC[C@H]3C4=CC(C=O)=C(Cl)[C@@]4(C)CC[C@@H]32)C1. The quantitative estimate of drug-likeness (QED) is 0.383. The standard InChI is InChI=1S/C22H27ClO3/c1-13(25)26-16-6-8-21(2)15(11-16)4-5-17-18(21)7-9-22(3)19(17)10-14(12-24)20(22)23/h4,10,12,16-18H,5-9,11H2,1-3H3/t16-,17+,18-,21-,22-/m0/s1. The van der Waals surface area contributed by atoms with Gasteiger partial charge in [-0.05, 0) is 49.4 Å². The number of carbonyl (C=O) groups is 2. The number of hydrogen-bond donors (Lipinski definition) is 0. The first kappa shape index (κ1) is 18.0. The van der Waals surface area contributed by atoms with Crippen LogP contribution in [0.2, 0.25) is 0 Å². The Labute approximate surface area is 160 Å². The van der Waals surface area contributed by atoms with Crippen molar-refractivity contribution in [2.24, 2.45) is 22.7 Å². The van der Waals surface area contributed by atoms with Crippen molar-refractivity contribution in [2.75, 3.05) is 0 Å². The summed E-state index contributed by atoms with van der Waals surface area (Å²) in [7, 11) is 0. The second-order valence-corrected chi connectivity index (χ2v) is 9.31. The lowest BCUT2D eigenvalue weighted by Gasteiger charge is -2.55. The predicted molar refractivity (Wildman–Crippen MR) is 102 cm³/mol. The minimum absolute atomic E-state index is 0.0284. The molecule has 2 saturated carbocycles. The average Bonchev–Trinajstić information content (AvgIpc) is 2.86. The zero-order valence-corrected chi connectivity index (χ0v) is 16.6. The fourth-order valence-corrected chi connectivity index (χ4v) is 6.46. The summed E-state index contributed by atoms with van der Waals surface area (Å²) >= 11 is 6.60.